The van der Waals surface area contributed by atoms with E-state index in [1.165, 1.54) is 38.4 Å². The zero-order chi connectivity index (χ0) is 22.6. The average Bonchev–Trinajstić information content (AvgIpc) is 3.00. The average molecular weight is 436 g/mol. The van der Waals surface area contributed by atoms with Gasteiger partial charge in [0.05, 0.1) is 17.1 Å². The van der Waals surface area contributed by atoms with Crippen LogP contribution in [-0.2, 0) is 14.8 Å². The van der Waals surface area contributed by atoms with E-state index in [-0.39, 0.29) is 28.3 Å². The van der Waals surface area contributed by atoms with Gasteiger partial charge in [-0.15, -0.1) is 0 Å². The lowest BCUT2D eigenvalue weighted by atomic mass is 10.1. The van der Waals surface area contributed by atoms with Gasteiger partial charge < -0.3 is 9.72 Å². The van der Waals surface area contributed by atoms with E-state index in [9.17, 15) is 22.8 Å². The third-order valence-corrected chi connectivity index (χ3v) is 6.12. The molecule has 0 atom stereocenters. The van der Waals surface area contributed by atoms with E-state index in [1.54, 1.807) is 20.8 Å². The molecule has 0 aliphatic carbocycles. The van der Waals surface area contributed by atoms with E-state index in [1.807, 2.05) is 0 Å². The summed E-state index contributed by atoms with van der Waals surface area (Å²) in [6, 6.07) is 5.42. The molecule has 1 heterocycles. The third-order valence-electron chi connectivity index (χ3n) is 4.31. The minimum atomic E-state index is -3.71. The number of H-pyrrole nitrogens is 1. The van der Waals surface area contributed by atoms with Crippen molar-refractivity contribution in [3.63, 3.8) is 0 Å². The molecule has 0 unspecified atom stereocenters. The summed E-state index contributed by atoms with van der Waals surface area (Å²) in [6.45, 7) is 5.09. The van der Waals surface area contributed by atoms with Gasteiger partial charge in [0.25, 0.3) is 11.8 Å². The fourth-order valence-electron chi connectivity index (χ4n) is 2.74. The van der Waals surface area contributed by atoms with Gasteiger partial charge in [0.2, 0.25) is 10.0 Å². The summed E-state index contributed by atoms with van der Waals surface area (Å²) in [5, 5.41) is 0. The van der Waals surface area contributed by atoms with Crippen molar-refractivity contribution in [1.29, 1.82) is 0 Å². The molecule has 30 heavy (non-hydrogen) atoms. The highest BCUT2D eigenvalue weighted by molar-refractivity contribution is 7.89. The predicted molar refractivity (Wildman–Crippen MR) is 108 cm³/mol. The molecule has 0 aliphatic rings. The number of benzene rings is 1. The first-order valence-electron chi connectivity index (χ1n) is 9.00. The number of sulfonamides is 1. The number of hydrogen-bond donors (Lipinski definition) is 3. The van der Waals surface area contributed by atoms with Crippen LogP contribution in [0.2, 0.25) is 0 Å². The monoisotopic (exact) mass is 436 g/mol. The molecule has 0 fully saturated rings. The zero-order valence-corrected chi connectivity index (χ0v) is 18.1. The lowest BCUT2D eigenvalue weighted by molar-refractivity contribution is 0.0524. The number of hydrogen-bond acceptors (Lipinski definition) is 6. The summed E-state index contributed by atoms with van der Waals surface area (Å²) in [4.78, 5) is 39.6. The Bertz CT molecular complexity index is 1090. The highest BCUT2D eigenvalue weighted by Crippen LogP contribution is 2.19. The SMILES string of the molecule is CCOC(=O)c1c(C)[nH]c(C(=O)NNC(=O)c2cccc(S(=O)(=O)N(C)C)c2)c1C. The molecule has 0 saturated carbocycles. The highest BCUT2D eigenvalue weighted by Gasteiger charge is 2.23. The predicted octanol–water partition coefficient (Wildman–Crippen LogP) is 1.13. The molecule has 0 spiro atoms. The van der Waals surface area contributed by atoms with Crippen LogP contribution in [0.1, 0.15) is 49.4 Å². The number of carbonyl (C=O) groups excluding carboxylic acids is 3. The summed E-state index contributed by atoms with van der Waals surface area (Å²) in [6.07, 6.45) is 0. The Morgan fingerprint density at radius 1 is 1.10 bits per heavy atom. The molecule has 2 rings (SSSR count). The lowest BCUT2D eigenvalue weighted by Crippen LogP contribution is -2.42. The first-order chi connectivity index (χ1) is 14.0. The normalized spacial score (nSPS) is 11.3. The topological polar surface area (TPSA) is 138 Å². The Kier molecular flexibility index (Phi) is 7.00. The molecule has 2 aromatic rings. The summed E-state index contributed by atoms with van der Waals surface area (Å²) in [7, 11) is -0.946. The van der Waals surface area contributed by atoms with E-state index in [4.69, 9.17) is 4.74 Å². The summed E-state index contributed by atoms with van der Waals surface area (Å²) < 4.78 is 30.4. The van der Waals surface area contributed by atoms with E-state index in [2.05, 4.69) is 15.8 Å². The Hall–Kier alpha value is -3.18. The van der Waals surface area contributed by atoms with Crippen molar-refractivity contribution in [2.24, 2.45) is 0 Å². The van der Waals surface area contributed by atoms with Gasteiger partial charge >= 0.3 is 5.97 Å². The van der Waals surface area contributed by atoms with E-state index >= 15 is 0 Å². The molecule has 0 saturated heterocycles. The van der Waals surface area contributed by atoms with Crippen molar-refractivity contribution in [1.82, 2.24) is 20.1 Å². The van der Waals surface area contributed by atoms with E-state index in [0.717, 1.165) is 4.31 Å². The summed E-state index contributed by atoms with van der Waals surface area (Å²) in [5.74, 6) is -1.92. The second-order valence-corrected chi connectivity index (χ2v) is 8.72. The minimum absolute atomic E-state index is 0.0461. The number of aromatic amines is 1. The molecule has 162 valence electrons. The Balaban J connectivity index is 2.15. The number of ether oxygens (including phenoxy) is 1. The van der Waals surface area contributed by atoms with Gasteiger partial charge in [0.1, 0.15) is 5.69 Å². The molecule has 0 aliphatic heterocycles. The maximum absolute atomic E-state index is 12.5. The molecular weight excluding hydrogens is 412 g/mol. The molecule has 1 aromatic carbocycles. The fraction of sp³-hybridized carbons (Fsp3) is 0.316. The van der Waals surface area contributed by atoms with Gasteiger partial charge in [-0.1, -0.05) is 6.07 Å². The number of carbonyl (C=O) groups is 3. The Labute approximate surface area is 174 Å². The van der Waals surface area contributed by atoms with Crippen LogP contribution in [0.5, 0.6) is 0 Å². The van der Waals surface area contributed by atoms with Gasteiger partial charge in [0.15, 0.2) is 0 Å². The number of hydrazine groups is 1. The van der Waals surface area contributed by atoms with Gasteiger partial charge in [-0.3, -0.25) is 20.4 Å². The van der Waals surface area contributed by atoms with Crippen LogP contribution in [0.15, 0.2) is 29.2 Å². The van der Waals surface area contributed by atoms with Crippen LogP contribution in [0, 0.1) is 13.8 Å². The molecule has 2 amide bonds. The molecule has 10 nitrogen and oxygen atoms in total. The van der Waals surface area contributed by atoms with Crippen LogP contribution in [0.25, 0.3) is 0 Å². The maximum atomic E-state index is 12.5. The fourth-order valence-corrected chi connectivity index (χ4v) is 3.69. The van der Waals surface area contributed by atoms with Gasteiger partial charge in [-0.25, -0.2) is 17.5 Å². The smallest absolute Gasteiger partial charge is 0.340 e. The molecule has 3 N–H and O–H groups in total. The molecule has 11 heteroatoms. The van der Waals surface area contributed by atoms with Gasteiger partial charge in [0, 0.05) is 25.4 Å². The Morgan fingerprint density at radius 3 is 2.33 bits per heavy atom. The van der Waals surface area contributed by atoms with E-state index < -0.39 is 27.8 Å². The highest BCUT2D eigenvalue weighted by atomic mass is 32.2. The van der Waals surface area contributed by atoms with Crippen LogP contribution in [0.3, 0.4) is 0 Å². The lowest BCUT2D eigenvalue weighted by Gasteiger charge is -2.12. The Morgan fingerprint density at radius 2 is 1.73 bits per heavy atom. The second-order valence-electron chi connectivity index (χ2n) is 6.57. The number of aromatic nitrogens is 1. The maximum Gasteiger partial charge on any atom is 0.340 e. The second kappa shape index (κ2) is 9.09. The van der Waals surface area contributed by atoms with Crippen molar-refractivity contribution in [3.8, 4) is 0 Å². The van der Waals surface area contributed by atoms with Crippen molar-refractivity contribution in [2.45, 2.75) is 25.7 Å². The van der Waals surface area contributed by atoms with Crippen LogP contribution < -0.4 is 10.9 Å². The molecule has 0 radical (unpaired) electrons. The first-order valence-corrected chi connectivity index (χ1v) is 10.4. The molecule has 1 aromatic heterocycles. The van der Waals surface area contributed by atoms with Crippen molar-refractivity contribution in [3.05, 3.63) is 52.3 Å². The zero-order valence-electron chi connectivity index (χ0n) is 17.3. The van der Waals surface area contributed by atoms with Crippen molar-refractivity contribution < 1.29 is 27.5 Å². The number of amides is 2. The number of rotatable bonds is 6. The number of nitrogens with zero attached hydrogens (tertiary/aromatic N) is 1. The number of esters is 1. The van der Waals surface area contributed by atoms with Crippen LogP contribution in [0.4, 0.5) is 0 Å². The summed E-state index contributed by atoms with van der Waals surface area (Å²) in [5.41, 5.74) is 5.73. The largest absolute Gasteiger partial charge is 0.462 e. The number of aryl methyl sites for hydroxylation is 1. The first kappa shape index (κ1) is 23.1. The third kappa shape index (κ3) is 4.69. The molecular formula is C19H24N4O6S. The van der Waals surface area contributed by atoms with Gasteiger partial charge in [-0.2, -0.15) is 0 Å². The van der Waals surface area contributed by atoms with Crippen molar-refractivity contribution in [2.75, 3.05) is 20.7 Å². The minimum Gasteiger partial charge on any atom is -0.462 e. The molecule has 0 bridgehead atoms. The van der Waals surface area contributed by atoms with E-state index in [0.29, 0.717) is 11.3 Å². The van der Waals surface area contributed by atoms with Crippen LogP contribution in [-0.4, -0.2) is 56.2 Å². The number of nitrogens with one attached hydrogen (secondary N) is 3. The quantitative estimate of drug-likeness (QED) is 0.459. The van der Waals surface area contributed by atoms with Crippen LogP contribution >= 0.6 is 0 Å². The van der Waals surface area contributed by atoms with Gasteiger partial charge in [-0.05, 0) is 44.5 Å². The standard InChI is InChI=1S/C19H24N4O6S/c1-6-29-19(26)15-11(2)16(20-12(15)3)18(25)22-21-17(24)13-8-7-9-14(10-13)30(27,28)23(4)5/h7-10,20H,6H2,1-5H3,(H,21,24)(H,22,25). The van der Waals surface area contributed by atoms with Crippen molar-refractivity contribution >= 4 is 27.8 Å². The summed E-state index contributed by atoms with van der Waals surface area (Å²) >= 11 is 0.